The van der Waals surface area contributed by atoms with Gasteiger partial charge in [0.05, 0.1) is 12.9 Å². The number of carbonyl (C=O) groups excluding carboxylic acids is 2. The van der Waals surface area contributed by atoms with Gasteiger partial charge in [0, 0.05) is 18.3 Å². The van der Waals surface area contributed by atoms with Crippen LogP contribution in [0.5, 0.6) is 0 Å². The molecule has 0 aromatic carbocycles. The lowest BCUT2D eigenvalue weighted by Crippen LogP contribution is -2.53. The molecular weight excluding hydrogens is 316 g/mol. The summed E-state index contributed by atoms with van der Waals surface area (Å²) >= 11 is 0. The first-order chi connectivity index (χ1) is 11.5. The summed E-state index contributed by atoms with van der Waals surface area (Å²) < 4.78 is 0. The van der Waals surface area contributed by atoms with Gasteiger partial charge < -0.3 is 32.2 Å². The van der Waals surface area contributed by atoms with Crippen molar-refractivity contribution in [3.8, 4) is 0 Å². The number of unbranched alkanes of at least 4 members (excludes halogenated alkanes) is 1. The van der Waals surface area contributed by atoms with E-state index < -0.39 is 29.9 Å². The van der Waals surface area contributed by atoms with E-state index in [2.05, 4.69) is 20.6 Å². The van der Waals surface area contributed by atoms with E-state index in [0.717, 1.165) is 0 Å². The first-order valence-electron chi connectivity index (χ1n) is 7.67. The summed E-state index contributed by atoms with van der Waals surface area (Å²) in [6.07, 6.45) is 4.62. The quantitative estimate of drug-likeness (QED) is 0.255. The number of nitrogens with zero attached hydrogens (tertiary/aromatic N) is 1. The van der Waals surface area contributed by atoms with E-state index in [9.17, 15) is 19.5 Å². The van der Waals surface area contributed by atoms with Crippen LogP contribution in [-0.4, -0.2) is 58.0 Å². The van der Waals surface area contributed by atoms with Crippen molar-refractivity contribution in [1.29, 1.82) is 0 Å². The molecule has 1 rings (SSSR count). The highest BCUT2D eigenvalue weighted by Gasteiger charge is 2.26. The largest absolute Gasteiger partial charge is 0.480 e. The Morgan fingerprint density at radius 2 is 1.96 bits per heavy atom. The zero-order valence-electron chi connectivity index (χ0n) is 13.3. The van der Waals surface area contributed by atoms with Crippen LogP contribution in [0, 0.1) is 0 Å². The van der Waals surface area contributed by atoms with Gasteiger partial charge in [-0.25, -0.2) is 9.78 Å². The topological polar surface area (TPSA) is 176 Å². The van der Waals surface area contributed by atoms with E-state index in [4.69, 9.17) is 11.5 Å². The van der Waals surface area contributed by atoms with Crippen LogP contribution >= 0.6 is 0 Å². The molecular formula is C14H24N6O4. The molecule has 24 heavy (non-hydrogen) atoms. The summed E-state index contributed by atoms with van der Waals surface area (Å²) in [7, 11) is 0. The van der Waals surface area contributed by atoms with Crippen molar-refractivity contribution in [3.63, 3.8) is 0 Å². The minimum absolute atomic E-state index is 0.146. The second-order valence-corrected chi connectivity index (χ2v) is 5.29. The third-order valence-electron chi connectivity index (χ3n) is 3.38. The fourth-order valence-corrected chi connectivity index (χ4v) is 2.10. The summed E-state index contributed by atoms with van der Waals surface area (Å²) in [5.74, 6) is -2.23. The molecule has 1 unspecified atom stereocenters. The average Bonchev–Trinajstić information content (AvgIpc) is 3.06. The molecule has 2 atom stereocenters. The van der Waals surface area contributed by atoms with Gasteiger partial charge in [0.2, 0.25) is 11.8 Å². The number of hydrogen-bond donors (Lipinski definition) is 6. The molecule has 0 spiro atoms. The van der Waals surface area contributed by atoms with Crippen molar-refractivity contribution in [3.05, 3.63) is 18.2 Å². The fourth-order valence-electron chi connectivity index (χ4n) is 2.10. The maximum absolute atomic E-state index is 12.4. The Morgan fingerprint density at radius 3 is 2.50 bits per heavy atom. The van der Waals surface area contributed by atoms with E-state index in [1.165, 1.54) is 12.5 Å². The molecule has 1 aromatic rings. The molecule has 1 aromatic heterocycles. The summed E-state index contributed by atoms with van der Waals surface area (Å²) in [6, 6.07) is -1.99. The predicted octanol–water partition coefficient (Wildman–Crippen LogP) is -1.91. The highest BCUT2D eigenvalue weighted by molar-refractivity contribution is 5.90. The molecule has 0 saturated heterocycles. The Kier molecular flexibility index (Phi) is 8.44. The molecule has 0 aliphatic rings. The Labute approximate surface area is 139 Å². The number of nitrogens with one attached hydrogen (secondary N) is 3. The number of carboxylic acid groups (broad SMARTS) is 1. The maximum atomic E-state index is 12.4. The number of aromatic nitrogens is 2. The summed E-state index contributed by atoms with van der Waals surface area (Å²) in [5.41, 5.74) is 11.3. The molecule has 134 valence electrons. The van der Waals surface area contributed by atoms with Gasteiger partial charge in [0.1, 0.15) is 12.1 Å². The van der Waals surface area contributed by atoms with Crippen molar-refractivity contribution in [2.24, 2.45) is 11.5 Å². The van der Waals surface area contributed by atoms with E-state index in [1.807, 2.05) is 0 Å². The highest BCUT2D eigenvalue weighted by atomic mass is 16.4. The van der Waals surface area contributed by atoms with Crippen LogP contribution in [0.25, 0.3) is 0 Å². The van der Waals surface area contributed by atoms with Gasteiger partial charge in [-0.2, -0.15) is 0 Å². The van der Waals surface area contributed by atoms with Gasteiger partial charge >= 0.3 is 5.97 Å². The number of amides is 2. The van der Waals surface area contributed by atoms with Crippen LogP contribution in [0.15, 0.2) is 12.5 Å². The molecule has 10 nitrogen and oxygen atoms in total. The predicted molar refractivity (Wildman–Crippen MR) is 85.7 cm³/mol. The normalized spacial score (nSPS) is 13.1. The monoisotopic (exact) mass is 340 g/mol. The lowest BCUT2D eigenvalue weighted by molar-refractivity contribution is -0.142. The minimum Gasteiger partial charge on any atom is -0.480 e. The molecule has 0 aliphatic heterocycles. The van der Waals surface area contributed by atoms with Crippen molar-refractivity contribution in [2.75, 3.05) is 13.1 Å². The van der Waals surface area contributed by atoms with Crippen molar-refractivity contribution in [2.45, 2.75) is 37.8 Å². The number of hydrogen-bond acceptors (Lipinski definition) is 6. The molecule has 0 fully saturated rings. The highest BCUT2D eigenvalue weighted by Crippen LogP contribution is 2.04. The van der Waals surface area contributed by atoms with E-state index in [1.54, 1.807) is 0 Å². The Hall–Kier alpha value is -2.46. The number of H-pyrrole nitrogens is 1. The van der Waals surface area contributed by atoms with Gasteiger partial charge in [-0.1, -0.05) is 0 Å². The molecule has 1 heterocycles. The number of aromatic amines is 1. The number of aliphatic carboxylic acids is 1. The molecule has 8 N–H and O–H groups in total. The smallest absolute Gasteiger partial charge is 0.326 e. The van der Waals surface area contributed by atoms with Crippen molar-refractivity contribution < 1.29 is 19.5 Å². The molecule has 0 radical (unpaired) electrons. The van der Waals surface area contributed by atoms with Crippen molar-refractivity contribution >= 4 is 17.8 Å². The van der Waals surface area contributed by atoms with Crippen LogP contribution in [0.2, 0.25) is 0 Å². The Bertz CT molecular complexity index is 533. The van der Waals surface area contributed by atoms with Crippen LogP contribution in [0.4, 0.5) is 0 Å². The molecule has 2 amide bonds. The molecule has 10 heteroatoms. The Morgan fingerprint density at radius 1 is 1.21 bits per heavy atom. The average molecular weight is 340 g/mol. The summed E-state index contributed by atoms with van der Waals surface area (Å²) in [4.78, 5) is 41.8. The first kappa shape index (κ1) is 19.6. The second-order valence-electron chi connectivity index (χ2n) is 5.29. The van der Waals surface area contributed by atoms with Gasteiger partial charge in [-0.15, -0.1) is 0 Å². The van der Waals surface area contributed by atoms with Crippen LogP contribution in [-0.2, 0) is 20.8 Å². The molecule has 0 aliphatic carbocycles. The zero-order chi connectivity index (χ0) is 17.9. The second kappa shape index (κ2) is 10.3. The number of carboxylic acids is 1. The maximum Gasteiger partial charge on any atom is 0.326 e. The number of imidazole rings is 1. The molecule has 0 saturated carbocycles. The third-order valence-corrected chi connectivity index (χ3v) is 3.38. The van der Waals surface area contributed by atoms with E-state index in [0.29, 0.717) is 25.1 Å². The fraction of sp³-hybridized carbons (Fsp3) is 0.571. The number of rotatable bonds is 11. The van der Waals surface area contributed by atoms with Crippen LogP contribution in [0.1, 0.15) is 25.0 Å². The number of carbonyl (C=O) groups is 3. The third kappa shape index (κ3) is 6.75. The summed E-state index contributed by atoms with van der Waals surface area (Å²) in [5, 5.41) is 14.1. The van der Waals surface area contributed by atoms with Crippen LogP contribution in [0.3, 0.4) is 0 Å². The molecule has 0 bridgehead atoms. The standard InChI is InChI=1S/C14H24N6O4/c15-4-2-1-3-10(14(23)24)20-13(22)11(19-12(21)6-16)5-9-7-17-8-18-9/h7-8,10-11H,1-6,15-16H2,(H,17,18)(H,19,21)(H,20,22)(H,23,24)/t10-,11?/m0/s1. The lowest BCUT2D eigenvalue weighted by Gasteiger charge is -2.21. The van der Waals surface area contributed by atoms with E-state index in [-0.39, 0.29) is 19.4 Å². The SMILES string of the molecule is NCCCC[C@H](NC(=O)C(Cc1cnc[nH]1)NC(=O)CN)C(=O)O. The van der Waals surface area contributed by atoms with Gasteiger partial charge in [-0.3, -0.25) is 9.59 Å². The number of nitrogens with two attached hydrogens (primary N) is 2. The first-order valence-corrected chi connectivity index (χ1v) is 7.67. The zero-order valence-corrected chi connectivity index (χ0v) is 13.3. The lowest BCUT2D eigenvalue weighted by atomic mass is 10.1. The van der Waals surface area contributed by atoms with Crippen LogP contribution < -0.4 is 22.1 Å². The van der Waals surface area contributed by atoms with Gasteiger partial charge in [-0.05, 0) is 25.8 Å². The van der Waals surface area contributed by atoms with Gasteiger partial charge in [0.25, 0.3) is 0 Å². The summed E-state index contributed by atoms with van der Waals surface area (Å²) in [6.45, 7) is 0.181. The Balaban J connectivity index is 2.73. The van der Waals surface area contributed by atoms with E-state index >= 15 is 0 Å². The van der Waals surface area contributed by atoms with Crippen molar-refractivity contribution in [1.82, 2.24) is 20.6 Å². The minimum atomic E-state index is -1.13. The van der Waals surface area contributed by atoms with Gasteiger partial charge in [0.15, 0.2) is 0 Å².